The summed E-state index contributed by atoms with van der Waals surface area (Å²) in [5.41, 5.74) is 2.82. The number of carboxylic acids is 1. The average Bonchev–Trinajstić information content (AvgIpc) is 3.08. The van der Waals surface area contributed by atoms with Crippen LogP contribution in [-0.4, -0.2) is 49.7 Å². The molecule has 1 amide bonds. The van der Waals surface area contributed by atoms with E-state index in [2.05, 4.69) is 10.1 Å². The van der Waals surface area contributed by atoms with Crippen LogP contribution in [0.3, 0.4) is 0 Å². The predicted molar refractivity (Wildman–Crippen MR) is 109 cm³/mol. The number of carboxylic acid groups (broad SMARTS) is 1. The van der Waals surface area contributed by atoms with Crippen LogP contribution >= 0.6 is 0 Å². The maximum Gasteiger partial charge on any atom is 0.303 e. The van der Waals surface area contributed by atoms with E-state index in [0.29, 0.717) is 30.9 Å². The van der Waals surface area contributed by atoms with Crippen molar-refractivity contribution in [2.75, 3.05) is 13.1 Å². The maximum absolute atomic E-state index is 13.1. The van der Waals surface area contributed by atoms with Gasteiger partial charge in [0.2, 0.25) is 0 Å². The van der Waals surface area contributed by atoms with Gasteiger partial charge in [-0.25, -0.2) is 9.67 Å². The number of carbonyl (C=O) groups is 2. The molecule has 1 aromatic carbocycles. The molecule has 0 saturated carbocycles. The fourth-order valence-electron chi connectivity index (χ4n) is 3.99. The van der Waals surface area contributed by atoms with Gasteiger partial charge in [0, 0.05) is 24.9 Å². The molecule has 0 aliphatic carbocycles. The summed E-state index contributed by atoms with van der Waals surface area (Å²) in [6, 6.07) is 13.4. The molecule has 0 radical (unpaired) electrons. The van der Waals surface area contributed by atoms with Crippen molar-refractivity contribution in [1.29, 1.82) is 0 Å². The molecule has 1 fully saturated rings. The van der Waals surface area contributed by atoms with Crippen LogP contribution < -0.4 is 0 Å². The van der Waals surface area contributed by atoms with Gasteiger partial charge < -0.3 is 10.0 Å². The van der Waals surface area contributed by atoms with Crippen LogP contribution in [0.4, 0.5) is 0 Å². The molecule has 1 atom stereocenters. The Labute approximate surface area is 169 Å². The minimum absolute atomic E-state index is 0.106. The van der Waals surface area contributed by atoms with Crippen molar-refractivity contribution in [3.05, 3.63) is 53.9 Å². The third kappa shape index (κ3) is 3.99. The highest BCUT2D eigenvalue weighted by Gasteiger charge is 2.26. The summed E-state index contributed by atoms with van der Waals surface area (Å²) in [7, 11) is 0. The van der Waals surface area contributed by atoms with Gasteiger partial charge >= 0.3 is 5.97 Å². The summed E-state index contributed by atoms with van der Waals surface area (Å²) in [4.78, 5) is 30.4. The highest BCUT2D eigenvalue weighted by molar-refractivity contribution is 5.95. The van der Waals surface area contributed by atoms with Crippen molar-refractivity contribution in [1.82, 2.24) is 19.7 Å². The quantitative estimate of drug-likeness (QED) is 0.718. The molecule has 1 N–H and O–H groups in total. The third-order valence-electron chi connectivity index (χ3n) is 5.51. The second-order valence-corrected chi connectivity index (χ2v) is 7.59. The van der Waals surface area contributed by atoms with E-state index >= 15 is 0 Å². The number of pyridine rings is 1. The summed E-state index contributed by atoms with van der Waals surface area (Å²) in [6.45, 7) is 3.20. The molecule has 7 nitrogen and oxygen atoms in total. The van der Waals surface area contributed by atoms with E-state index in [0.717, 1.165) is 29.6 Å². The van der Waals surface area contributed by atoms with Gasteiger partial charge in [0.25, 0.3) is 5.91 Å². The molecule has 0 spiro atoms. The number of carbonyl (C=O) groups excluding carboxylic acids is 1. The van der Waals surface area contributed by atoms with Crippen LogP contribution in [0.25, 0.3) is 16.7 Å². The highest BCUT2D eigenvalue weighted by atomic mass is 16.4. The molecule has 1 aliphatic heterocycles. The second kappa shape index (κ2) is 8.03. The first kappa shape index (κ1) is 19.1. The predicted octanol–water partition coefficient (Wildman–Crippen LogP) is 3.45. The molecular formula is C22H24N4O3. The SMILES string of the molecule is Cc1nn(-c2ccccc2)c2nc(C(=O)N3CCCC(CCC(=O)O)C3)ccc12. The molecule has 29 heavy (non-hydrogen) atoms. The standard InChI is InChI=1S/C22H24N4O3/c1-15-18-10-11-19(23-21(18)26(24-15)17-7-3-2-4-8-17)22(29)25-13-5-6-16(14-25)9-12-20(27)28/h2-4,7-8,10-11,16H,5-6,9,12-14H2,1H3,(H,27,28). The number of para-hydroxylation sites is 1. The minimum atomic E-state index is -0.787. The van der Waals surface area contributed by atoms with Gasteiger partial charge in [0.05, 0.1) is 11.4 Å². The summed E-state index contributed by atoms with van der Waals surface area (Å²) in [6.07, 6.45) is 2.60. The first-order chi connectivity index (χ1) is 14.0. The van der Waals surface area contributed by atoms with Crippen LogP contribution in [0.5, 0.6) is 0 Å². The van der Waals surface area contributed by atoms with Gasteiger partial charge in [-0.2, -0.15) is 5.10 Å². The molecule has 0 bridgehead atoms. The van der Waals surface area contributed by atoms with E-state index in [4.69, 9.17) is 5.11 Å². The van der Waals surface area contributed by atoms with Gasteiger partial charge in [-0.15, -0.1) is 0 Å². The molecule has 7 heteroatoms. The lowest BCUT2D eigenvalue weighted by Crippen LogP contribution is -2.40. The molecule has 2 aromatic heterocycles. The second-order valence-electron chi connectivity index (χ2n) is 7.59. The zero-order valence-corrected chi connectivity index (χ0v) is 16.4. The Morgan fingerprint density at radius 3 is 2.72 bits per heavy atom. The van der Waals surface area contributed by atoms with Crippen LogP contribution in [-0.2, 0) is 4.79 Å². The molecule has 150 valence electrons. The summed E-state index contributed by atoms with van der Waals surface area (Å²) in [5, 5.41) is 14.4. The molecule has 3 aromatic rings. The van der Waals surface area contributed by atoms with Crippen molar-refractivity contribution < 1.29 is 14.7 Å². The van der Waals surface area contributed by atoms with E-state index in [1.165, 1.54) is 0 Å². The first-order valence-corrected chi connectivity index (χ1v) is 9.96. The van der Waals surface area contributed by atoms with Gasteiger partial charge in [-0.1, -0.05) is 18.2 Å². The fourth-order valence-corrected chi connectivity index (χ4v) is 3.99. The third-order valence-corrected chi connectivity index (χ3v) is 5.51. The normalized spacial score (nSPS) is 16.9. The Morgan fingerprint density at radius 1 is 1.17 bits per heavy atom. The van der Waals surface area contributed by atoms with E-state index in [9.17, 15) is 9.59 Å². The van der Waals surface area contributed by atoms with E-state index in [1.54, 1.807) is 15.6 Å². The number of amides is 1. The lowest BCUT2D eigenvalue weighted by Gasteiger charge is -2.32. The van der Waals surface area contributed by atoms with Gasteiger partial charge in [0.15, 0.2) is 5.65 Å². The number of likely N-dealkylation sites (tertiary alicyclic amines) is 1. The molecule has 1 saturated heterocycles. The molecule has 3 heterocycles. The van der Waals surface area contributed by atoms with Crippen molar-refractivity contribution in [2.45, 2.75) is 32.6 Å². The molecule has 1 aliphatic rings. The number of nitrogens with zero attached hydrogens (tertiary/aromatic N) is 4. The molecule has 1 unspecified atom stereocenters. The van der Waals surface area contributed by atoms with Crippen molar-refractivity contribution in [2.24, 2.45) is 5.92 Å². The fraction of sp³-hybridized carbons (Fsp3) is 0.364. The molecular weight excluding hydrogens is 368 g/mol. The summed E-state index contributed by atoms with van der Waals surface area (Å²) in [5.74, 6) is -0.667. The van der Waals surface area contributed by atoms with Crippen molar-refractivity contribution >= 4 is 22.9 Å². The number of aromatic nitrogens is 3. The Hall–Kier alpha value is -3.22. The van der Waals surface area contributed by atoms with Gasteiger partial charge in [-0.05, 0) is 56.4 Å². The Balaban J connectivity index is 1.60. The average molecular weight is 392 g/mol. The van der Waals surface area contributed by atoms with Crippen molar-refractivity contribution in [3.63, 3.8) is 0 Å². The van der Waals surface area contributed by atoms with Crippen LogP contribution in [0.15, 0.2) is 42.5 Å². The van der Waals surface area contributed by atoms with Crippen LogP contribution in [0.2, 0.25) is 0 Å². The molecule has 4 rings (SSSR count). The van der Waals surface area contributed by atoms with Gasteiger partial charge in [0.1, 0.15) is 5.69 Å². The number of piperidine rings is 1. The Kier molecular flexibility index (Phi) is 5.29. The minimum Gasteiger partial charge on any atom is -0.481 e. The first-order valence-electron chi connectivity index (χ1n) is 9.96. The number of benzene rings is 1. The van der Waals surface area contributed by atoms with Crippen LogP contribution in [0, 0.1) is 12.8 Å². The van der Waals surface area contributed by atoms with Crippen LogP contribution in [0.1, 0.15) is 41.9 Å². The number of fused-ring (bicyclic) bond motifs is 1. The lowest BCUT2D eigenvalue weighted by molar-refractivity contribution is -0.137. The number of aryl methyl sites for hydroxylation is 1. The van der Waals surface area contributed by atoms with E-state index < -0.39 is 5.97 Å². The maximum atomic E-state index is 13.1. The van der Waals surface area contributed by atoms with E-state index in [1.807, 2.05) is 43.3 Å². The zero-order valence-electron chi connectivity index (χ0n) is 16.4. The smallest absolute Gasteiger partial charge is 0.303 e. The highest BCUT2D eigenvalue weighted by Crippen LogP contribution is 2.24. The number of hydrogen-bond donors (Lipinski definition) is 1. The largest absolute Gasteiger partial charge is 0.481 e. The van der Waals surface area contributed by atoms with Gasteiger partial charge in [-0.3, -0.25) is 9.59 Å². The summed E-state index contributed by atoms with van der Waals surface area (Å²) < 4.78 is 1.77. The number of aliphatic carboxylic acids is 1. The monoisotopic (exact) mass is 392 g/mol. The zero-order chi connectivity index (χ0) is 20.4. The topological polar surface area (TPSA) is 88.3 Å². The Bertz CT molecular complexity index is 1040. The van der Waals surface area contributed by atoms with E-state index in [-0.39, 0.29) is 18.2 Å². The lowest BCUT2D eigenvalue weighted by atomic mass is 9.93. The van der Waals surface area contributed by atoms with Crippen molar-refractivity contribution in [3.8, 4) is 5.69 Å². The number of rotatable bonds is 5. The number of hydrogen-bond acceptors (Lipinski definition) is 4. The Morgan fingerprint density at radius 2 is 1.97 bits per heavy atom. The summed E-state index contributed by atoms with van der Waals surface area (Å²) >= 11 is 0.